The molecule has 1 amide bonds. The summed E-state index contributed by atoms with van der Waals surface area (Å²) in [7, 11) is 1.73. The monoisotopic (exact) mass is 263 g/mol. The molecule has 2 heterocycles. The van der Waals surface area contributed by atoms with E-state index in [1.54, 1.807) is 17.9 Å². The lowest BCUT2D eigenvalue weighted by Crippen LogP contribution is -2.24. The van der Waals surface area contributed by atoms with Crippen LogP contribution in [0.4, 0.5) is 5.69 Å². The normalized spacial score (nSPS) is 12.1. The van der Waals surface area contributed by atoms with Crippen molar-refractivity contribution in [1.82, 2.24) is 19.6 Å². The van der Waals surface area contributed by atoms with Gasteiger partial charge in [-0.25, -0.2) is 9.48 Å². The van der Waals surface area contributed by atoms with Crippen molar-refractivity contribution in [3.8, 4) is 0 Å². The molecule has 2 rings (SSSR count). The fourth-order valence-electron chi connectivity index (χ4n) is 1.59. The van der Waals surface area contributed by atoms with Gasteiger partial charge in [0.15, 0.2) is 0 Å². The molecule has 0 aromatic carbocycles. The SMILES string of the molecule is CC(C(=O)O)n1nccc1C(=O)Nc1cnn(C)c1. The number of carboxylic acid groups (broad SMARTS) is 1. The minimum Gasteiger partial charge on any atom is -0.480 e. The van der Waals surface area contributed by atoms with Gasteiger partial charge in [-0.1, -0.05) is 0 Å². The first-order valence-corrected chi connectivity index (χ1v) is 5.55. The molecule has 8 heteroatoms. The Kier molecular flexibility index (Phi) is 3.32. The molecule has 0 aliphatic heterocycles. The van der Waals surface area contributed by atoms with Crippen LogP contribution in [0.25, 0.3) is 0 Å². The highest BCUT2D eigenvalue weighted by atomic mass is 16.4. The van der Waals surface area contributed by atoms with E-state index in [1.807, 2.05) is 0 Å². The standard InChI is InChI=1S/C11H13N5O3/c1-7(11(18)19)16-9(3-4-12-16)10(17)14-8-5-13-15(2)6-8/h3-7H,1-2H3,(H,14,17)(H,18,19). The largest absolute Gasteiger partial charge is 0.480 e. The summed E-state index contributed by atoms with van der Waals surface area (Å²) in [6.07, 6.45) is 4.52. The second-order valence-corrected chi connectivity index (χ2v) is 4.03. The summed E-state index contributed by atoms with van der Waals surface area (Å²) in [5.74, 6) is -1.49. The van der Waals surface area contributed by atoms with E-state index >= 15 is 0 Å². The Morgan fingerprint density at radius 3 is 2.74 bits per heavy atom. The van der Waals surface area contributed by atoms with Crippen LogP contribution in [0.15, 0.2) is 24.7 Å². The number of rotatable bonds is 4. The van der Waals surface area contributed by atoms with Crippen molar-refractivity contribution in [3.05, 3.63) is 30.4 Å². The highest BCUT2D eigenvalue weighted by molar-refractivity contribution is 6.03. The molecule has 1 unspecified atom stereocenters. The van der Waals surface area contributed by atoms with Crippen molar-refractivity contribution < 1.29 is 14.7 Å². The molecule has 0 saturated carbocycles. The number of carbonyl (C=O) groups excluding carboxylic acids is 1. The third-order valence-corrected chi connectivity index (χ3v) is 2.59. The number of hydrogen-bond donors (Lipinski definition) is 2. The smallest absolute Gasteiger partial charge is 0.328 e. The lowest BCUT2D eigenvalue weighted by atomic mass is 10.3. The van der Waals surface area contributed by atoms with Crippen molar-refractivity contribution in [1.29, 1.82) is 0 Å². The average molecular weight is 263 g/mol. The third-order valence-electron chi connectivity index (χ3n) is 2.59. The Bertz CT molecular complexity index is 615. The molecule has 2 aromatic rings. The molecule has 0 radical (unpaired) electrons. The second-order valence-electron chi connectivity index (χ2n) is 4.03. The topological polar surface area (TPSA) is 102 Å². The van der Waals surface area contributed by atoms with Gasteiger partial charge in [0.2, 0.25) is 0 Å². The molecule has 0 saturated heterocycles. The fraction of sp³-hybridized carbons (Fsp3) is 0.273. The molecule has 0 bridgehead atoms. The number of anilines is 1. The molecule has 8 nitrogen and oxygen atoms in total. The lowest BCUT2D eigenvalue weighted by molar-refractivity contribution is -0.140. The number of nitrogens with one attached hydrogen (secondary N) is 1. The number of aromatic nitrogens is 4. The lowest BCUT2D eigenvalue weighted by Gasteiger charge is -2.10. The van der Waals surface area contributed by atoms with E-state index in [9.17, 15) is 9.59 Å². The van der Waals surface area contributed by atoms with Crippen LogP contribution in [-0.4, -0.2) is 36.5 Å². The first-order chi connectivity index (χ1) is 8.99. The molecule has 2 N–H and O–H groups in total. The van der Waals surface area contributed by atoms with Crippen LogP contribution in [0, 0.1) is 0 Å². The summed E-state index contributed by atoms with van der Waals surface area (Å²) in [4.78, 5) is 23.0. The number of aryl methyl sites for hydroxylation is 1. The summed E-state index contributed by atoms with van der Waals surface area (Å²) in [5, 5.41) is 19.4. The summed E-state index contributed by atoms with van der Waals surface area (Å²) >= 11 is 0. The van der Waals surface area contributed by atoms with Gasteiger partial charge in [0, 0.05) is 19.4 Å². The first kappa shape index (κ1) is 12.8. The summed E-state index contributed by atoms with van der Waals surface area (Å²) in [6, 6.07) is 0.551. The van der Waals surface area contributed by atoms with Crippen LogP contribution in [0.3, 0.4) is 0 Å². The second kappa shape index (κ2) is 4.92. The Labute approximate surface area is 108 Å². The highest BCUT2D eigenvalue weighted by Gasteiger charge is 2.21. The van der Waals surface area contributed by atoms with E-state index in [0.29, 0.717) is 5.69 Å². The minimum atomic E-state index is -1.06. The van der Waals surface area contributed by atoms with Gasteiger partial charge in [-0.2, -0.15) is 10.2 Å². The maximum absolute atomic E-state index is 12.0. The van der Waals surface area contributed by atoms with E-state index in [0.717, 1.165) is 4.68 Å². The van der Waals surface area contributed by atoms with Crippen molar-refractivity contribution in [2.24, 2.45) is 7.05 Å². The van der Waals surface area contributed by atoms with Crippen LogP contribution in [0.2, 0.25) is 0 Å². The number of nitrogens with zero attached hydrogens (tertiary/aromatic N) is 4. The zero-order valence-corrected chi connectivity index (χ0v) is 10.4. The number of amides is 1. The number of carboxylic acids is 1. The van der Waals surface area contributed by atoms with E-state index < -0.39 is 17.9 Å². The van der Waals surface area contributed by atoms with Gasteiger partial charge in [-0.15, -0.1) is 0 Å². The minimum absolute atomic E-state index is 0.179. The molecule has 100 valence electrons. The van der Waals surface area contributed by atoms with Crippen LogP contribution in [-0.2, 0) is 11.8 Å². The molecule has 0 aliphatic rings. The van der Waals surface area contributed by atoms with Crippen molar-refractivity contribution in [3.63, 3.8) is 0 Å². The average Bonchev–Trinajstić information content (AvgIpc) is 2.96. The molecule has 0 spiro atoms. The molecular formula is C11H13N5O3. The Morgan fingerprint density at radius 1 is 1.42 bits per heavy atom. The van der Waals surface area contributed by atoms with Crippen LogP contribution in [0.1, 0.15) is 23.5 Å². The molecule has 0 aliphatic carbocycles. The maximum Gasteiger partial charge on any atom is 0.328 e. The molecule has 1 atom stereocenters. The van der Waals surface area contributed by atoms with Crippen LogP contribution in [0.5, 0.6) is 0 Å². The molecule has 19 heavy (non-hydrogen) atoms. The predicted molar refractivity (Wildman–Crippen MR) is 65.7 cm³/mol. The number of hydrogen-bond acceptors (Lipinski definition) is 4. The van der Waals surface area contributed by atoms with Crippen LogP contribution >= 0.6 is 0 Å². The highest BCUT2D eigenvalue weighted by Crippen LogP contribution is 2.12. The Hall–Kier alpha value is -2.64. The maximum atomic E-state index is 12.0. The number of carbonyl (C=O) groups is 2. The molecule has 2 aromatic heterocycles. The quantitative estimate of drug-likeness (QED) is 0.837. The first-order valence-electron chi connectivity index (χ1n) is 5.55. The Balaban J connectivity index is 2.20. The van der Waals surface area contributed by atoms with Gasteiger partial charge in [0.05, 0.1) is 11.9 Å². The van der Waals surface area contributed by atoms with Gasteiger partial charge >= 0.3 is 5.97 Å². The zero-order valence-electron chi connectivity index (χ0n) is 10.4. The summed E-state index contributed by atoms with van der Waals surface area (Å²) in [5.41, 5.74) is 0.710. The van der Waals surface area contributed by atoms with Gasteiger partial charge in [-0.05, 0) is 13.0 Å². The van der Waals surface area contributed by atoms with Crippen LogP contribution < -0.4 is 5.32 Å². The van der Waals surface area contributed by atoms with Crippen molar-refractivity contribution >= 4 is 17.6 Å². The van der Waals surface area contributed by atoms with Gasteiger partial charge < -0.3 is 10.4 Å². The summed E-state index contributed by atoms with van der Waals surface area (Å²) in [6.45, 7) is 1.45. The number of aliphatic carboxylic acids is 1. The van der Waals surface area contributed by atoms with Gasteiger partial charge in [0.25, 0.3) is 5.91 Å². The summed E-state index contributed by atoms with van der Waals surface area (Å²) < 4.78 is 2.71. The van der Waals surface area contributed by atoms with E-state index in [-0.39, 0.29) is 5.69 Å². The zero-order chi connectivity index (χ0) is 14.0. The Morgan fingerprint density at radius 2 is 2.16 bits per heavy atom. The van der Waals surface area contributed by atoms with Crippen molar-refractivity contribution in [2.75, 3.05) is 5.32 Å². The third kappa shape index (κ3) is 2.62. The van der Waals surface area contributed by atoms with Gasteiger partial charge in [0.1, 0.15) is 11.7 Å². The van der Waals surface area contributed by atoms with Crippen molar-refractivity contribution in [2.45, 2.75) is 13.0 Å². The molecular weight excluding hydrogens is 250 g/mol. The van der Waals surface area contributed by atoms with E-state index in [2.05, 4.69) is 15.5 Å². The molecule has 0 fully saturated rings. The van der Waals surface area contributed by atoms with E-state index in [4.69, 9.17) is 5.11 Å². The van der Waals surface area contributed by atoms with Gasteiger partial charge in [-0.3, -0.25) is 9.48 Å². The predicted octanol–water partition coefficient (Wildman–Crippen LogP) is 0.514. The van der Waals surface area contributed by atoms with E-state index in [1.165, 1.54) is 25.4 Å². The fourth-order valence-corrected chi connectivity index (χ4v) is 1.59.